The van der Waals surface area contributed by atoms with Crippen molar-refractivity contribution in [2.24, 2.45) is 0 Å². The topological polar surface area (TPSA) is 54.9 Å². The molecule has 0 bridgehead atoms. The molecule has 1 aromatic heterocycles. The first-order valence-corrected chi connectivity index (χ1v) is 7.92. The summed E-state index contributed by atoms with van der Waals surface area (Å²) in [7, 11) is 0. The average molecular weight is 365 g/mol. The van der Waals surface area contributed by atoms with Crippen LogP contribution in [0, 0.1) is 10.6 Å². The summed E-state index contributed by atoms with van der Waals surface area (Å²) in [4.78, 5) is 0. The van der Waals surface area contributed by atoms with Crippen LogP contribution in [0.1, 0.15) is 11.1 Å². The van der Waals surface area contributed by atoms with Crippen molar-refractivity contribution < 1.29 is 9.13 Å². The van der Waals surface area contributed by atoms with Crippen LogP contribution >= 0.6 is 23.8 Å². The van der Waals surface area contributed by atoms with E-state index in [0.29, 0.717) is 28.7 Å². The van der Waals surface area contributed by atoms with Crippen molar-refractivity contribution in [2.45, 2.75) is 13.2 Å². The van der Waals surface area contributed by atoms with Gasteiger partial charge in [-0.3, -0.25) is 5.10 Å². The van der Waals surface area contributed by atoms with Crippen LogP contribution in [-0.2, 0) is 13.2 Å². The van der Waals surface area contributed by atoms with Gasteiger partial charge < -0.3 is 10.2 Å². The molecule has 0 unspecified atom stereocenters. The fraction of sp³-hybridized carbons (Fsp3) is 0.125. The molecule has 5 nitrogen and oxygen atoms in total. The lowest BCUT2D eigenvalue weighted by Gasteiger charge is -2.13. The van der Waals surface area contributed by atoms with Crippen LogP contribution in [0.25, 0.3) is 0 Å². The lowest BCUT2D eigenvalue weighted by atomic mass is 10.2. The first-order chi connectivity index (χ1) is 11.6. The third-order valence-electron chi connectivity index (χ3n) is 3.32. The van der Waals surface area contributed by atoms with E-state index in [9.17, 15) is 4.39 Å². The number of hydrogen-bond acceptors (Lipinski definition) is 4. The molecular formula is C16H14ClFN4OS. The predicted molar refractivity (Wildman–Crippen MR) is 92.7 cm³/mol. The summed E-state index contributed by atoms with van der Waals surface area (Å²) in [6, 6.07) is 11.6. The van der Waals surface area contributed by atoms with Crippen molar-refractivity contribution in [3.63, 3.8) is 0 Å². The SMILES string of the molecule is Fc1ccc(COc2ccc(Cl)cc2CNn2cn[nH]c2=S)cc1. The third kappa shape index (κ3) is 4.12. The second kappa shape index (κ2) is 7.46. The third-order valence-corrected chi connectivity index (χ3v) is 3.85. The van der Waals surface area contributed by atoms with Gasteiger partial charge in [0.15, 0.2) is 0 Å². The molecule has 3 aromatic rings. The molecule has 0 fully saturated rings. The summed E-state index contributed by atoms with van der Waals surface area (Å²) in [5, 5.41) is 7.11. The van der Waals surface area contributed by atoms with Crippen LogP contribution in [0.3, 0.4) is 0 Å². The minimum atomic E-state index is -0.271. The minimum Gasteiger partial charge on any atom is -0.489 e. The van der Waals surface area contributed by atoms with Gasteiger partial charge in [-0.25, -0.2) is 9.07 Å². The molecule has 0 atom stereocenters. The lowest BCUT2D eigenvalue weighted by molar-refractivity contribution is 0.303. The molecule has 2 N–H and O–H groups in total. The molecule has 0 amide bonds. The van der Waals surface area contributed by atoms with Crippen LogP contribution in [-0.4, -0.2) is 14.9 Å². The van der Waals surface area contributed by atoms with Crippen molar-refractivity contribution in [3.8, 4) is 5.75 Å². The highest BCUT2D eigenvalue weighted by Crippen LogP contribution is 2.24. The quantitative estimate of drug-likeness (QED) is 0.648. The van der Waals surface area contributed by atoms with Gasteiger partial charge in [-0.05, 0) is 48.1 Å². The van der Waals surface area contributed by atoms with E-state index in [2.05, 4.69) is 15.6 Å². The van der Waals surface area contributed by atoms with Crippen LogP contribution in [0.15, 0.2) is 48.8 Å². The number of aromatic amines is 1. The number of benzene rings is 2. The Morgan fingerprint density at radius 2 is 2.04 bits per heavy atom. The zero-order valence-electron chi connectivity index (χ0n) is 12.5. The van der Waals surface area contributed by atoms with Crippen LogP contribution in [0.5, 0.6) is 5.75 Å². The van der Waals surface area contributed by atoms with E-state index in [1.165, 1.54) is 12.1 Å². The predicted octanol–water partition coefficient (Wildman–Crippen LogP) is 4.06. The van der Waals surface area contributed by atoms with Gasteiger partial charge in [-0.1, -0.05) is 23.7 Å². The van der Waals surface area contributed by atoms with E-state index in [1.807, 2.05) is 6.07 Å². The molecule has 0 radical (unpaired) electrons. The highest BCUT2D eigenvalue weighted by atomic mass is 35.5. The van der Waals surface area contributed by atoms with Gasteiger partial charge in [0.05, 0.1) is 6.54 Å². The molecule has 1 heterocycles. The normalized spacial score (nSPS) is 10.6. The van der Waals surface area contributed by atoms with Gasteiger partial charge in [0.25, 0.3) is 0 Å². The largest absolute Gasteiger partial charge is 0.489 e. The molecular weight excluding hydrogens is 351 g/mol. The number of nitrogens with zero attached hydrogens (tertiary/aromatic N) is 2. The molecule has 8 heteroatoms. The Hall–Kier alpha value is -2.38. The van der Waals surface area contributed by atoms with Gasteiger partial charge >= 0.3 is 0 Å². The highest BCUT2D eigenvalue weighted by molar-refractivity contribution is 7.71. The molecule has 3 rings (SSSR count). The van der Waals surface area contributed by atoms with E-state index in [4.69, 9.17) is 28.6 Å². The maximum absolute atomic E-state index is 12.9. The van der Waals surface area contributed by atoms with E-state index in [1.54, 1.807) is 35.3 Å². The van der Waals surface area contributed by atoms with E-state index in [0.717, 1.165) is 11.1 Å². The number of aromatic nitrogens is 3. The molecule has 0 spiro atoms. The number of ether oxygens (including phenoxy) is 1. The highest BCUT2D eigenvalue weighted by Gasteiger charge is 2.06. The van der Waals surface area contributed by atoms with Crippen LogP contribution in [0.4, 0.5) is 4.39 Å². The van der Waals surface area contributed by atoms with Crippen molar-refractivity contribution in [1.82, 2.24) is 14.9 Å². The number of halogens is 2. The Balaban J connectivity index is 1.71. The lowest BCUT2D eigenvalue weighted by Crippen LogP contribution is -2.14. The Morgan fingerprint density at radius 1 is 1.25 bits per heavy atom. The zero-order valence-corrected chi connectivity index (χ0v) is 14.1. The Labute approximate surface area is 148 Å². The first-order valence-electron chi connectivity index (χ1n) is 7.13. The minimum absolute atomic E-state index is 0.271. The van der Waals surface area contributed by atoms with Crippen LogP contribution in [0.2, 0.25) is 5.02 Å². The second-order valence-corrected chi connectivity index (χ2v) is 5.86. The van der Waals surface area contributed by atoms with Crippen molar-refractivity contribution >= 4 is 23.8 Å². The van der Waals surface area contributed by atoms with E-state index >= 15 is 0 Å². The molecule has 0 aliphatic carbocycles. The standard InChI is InChI=1S/C16H14ClFN4OS/c17-13-3-6-15(23-9-11-1-4-14(18)5-2-11)12(7-13)8-20-22-10-19-21-16(22)24/h1-7,10,20H,8-9H2,(H,21,24). The van der Waals surface area contributed by atoms with Crippen molar-refractivity contribution in [2.75, 3.05) is 5.43 Å². The number of hydrogen-bond donors (Lipinski definition) is 2. The van der Waals surface area contributed by atoms with Gasteiger partial charge in [-0.15, -0.1) is 0 Å². The van der Waals surface area contributed by atoms with Gasteiger partial charge in [0, 0.05) is 10.6 Å². The summed E-state index contributed by atoms with van der Waals surface area (Å²) in [5.41, 5.74) is 4.86. The summed E-state index contributed by atoms with van der Waals surface area (Å²) >= 11 is 11.2. The summed E-state index contributed by atoms with van der Waals surface area (Å²) < 4.78 is 20.8. The van der Waals surface area contributed by atoms with E-state index in [-0.39, 0.29) is 5.82 Å². The molecule has 0 saturated heterocycles. The molecule has 24 heavy (non-hydrogen) atoms. The van der Waals surface area contributed by atoms with Gasteiger partial charge in [0.2, 0.25) is 4.77 Å². The molecule has 0 aliphatic heterocycles. The maximum Gasteiger partial charge on any atom is 0.214 e. The zero-order chi connectivity index (χ0) is 16.9. The fourth-order valence-corrected chi connectivity index (χ4v) is 2.46. The second-order valence-electron chi connectivity index (χ2n) is 5.03. The maximum atomic E-state index is 12.9. The first kappa shape index (κ1) is 16.5. The molecule has 0 aliphatic rings. The van der Waals surface area contributed by atoms with E-state index < -0.39 is 0 Å². The summed E-state index contributed by atoms with van der Waals surface area (Å²) in [6.45, 7) is 0.785. The Morgan fingerprint density at radius 3 is 2.75 bits per heavy atom. The fourth-order valence-electron chi connectivity index (χ4n) is 2.10. The van der Waals surface area contributed by atoms with Gasteiger partial charge in [0.1, 0.15) is 24.5 Å². The average Bonchev–Trinajstić information content (AvgIpc) is 2.98. The summed E-state index contributed by atoms with van der Waals surface area (Å²) in [5.74, 6) is 0.415. The Kier molecular flexibility index (Phi) is 5.12. The molecule has 124 valence electrons. The number of H-pyrrole nitrogens is 1. The van der Waals surface area contributed by atoms with Crippen molar-refractivity contribution in [3.05, 3.63) is 75.5 Å². The number of nitrogens with one attached hydrogen (secondary N) is 2. The smallest absolute Gasteiger partial charge is 0.214 e. The van der Waals surface area contributed by atoms with Crippen molar-refractivity contribution in [1.29, 1.82) is 0 Å². The van der Waals surface area contributed by atoms with Crippen LogP contribution < -0.4 is 10.2 Å². The summed E-state index contributed by atoms with van der Waals surface area (Å²) in [6.07, 6.45) is 1.55. The van der Waals surface area contributed by atoms with Gasteiger partial charge in [-0.2, -0.15) is 5.10 Å². The number of rotatable bonds is 6. The molecule has 2 aromatic carbocycles. The Bertz CT molecular complexity index is 878. The monoisotopic (exact) mass is 364 g/mol. The molecule has 0 saturated carbocycles.